The summed E-state index contributed by atoms with van der Waals surface area (Å²) in [7, 11) is -10.8. The molecule has 3 rings (SSSR count). The molecular formula is C16H24N2O15P2. The van der Waals surface area contributed by atoms with Gasteiger partial charge in [0.05, 0.1) is 12.7 Å². The second-order valence-electron chi connectivity index (χ2n) is 7.82. The molecule has 9 atom stereocenters. The Bertz CT molecular complexity index is 1170. The van der Waals surface area contributed by atoms with Crippen LogP contribution in [-0.4, -0.2) is 83.9 Å². The van der Waals surface area contributed by atoms with Crippen LogP contribution in [0.25, 0.3) is 0 Å². The summed E-state index contributed by atoms with van der Waals surface area (Å²) in [4.78, 5) is 56.7. The number of nitrogens with zero attached hydrogens (tertiary/aromatic N) is 1. The summed E-state index contributed by atoms with van der Waals surface area (Å²) in [5.74, 6) is -0.921. The largest absolute Gasteiger partial charge is 0.483 e. The minimum Gasteiger partial charge on any atom is -0.390 e. The van der Waals surface area contributed by atoms with Crippen LogP contribution in [0.3, 0.4) is 0 Å². The van der Waals surface area contributed by atoms with E-state index in [9.17, 15) is 48.6 Å². The molecule has 35 heavy (non-hydrogen) atoms. The Balaban J connectivity index is 1.59. The molecule has 0 aromatic carbocycles. The summed E-state index contributed by atoms with van der Waals surface area (Å²) in [6.07, 6.45) is -10.1. The first kappa shape index (κ1) is 28.0. The molecule has 2 saturated heterocycles. The number of phosphoric acid groups is 2. The number of carbonyl (C=O) groups is 1. The third kappa shape index (κ3) is 6.60. The van der Waals surface area contributed by atoms with Crippen molar-refractivity contribution < 1.29 is 61.9 Å². The molecule has 2 fully saturated rings. The van der Waals surface area contributed by atoms with Gasteiger partial charge in [-0.1, -0.05) is 0 Å². The first-order valence-corrected chi connectivity index (χ1v) is 13.0. The molecule has 17 nitrogen and oxygen atoms in total. The zero-order valence-corrected chi connectivity index (χ0v) is 20.0. The van der Waals surface area contributed by atoms with Gasteiger partial charge in [0.1, 0.15) is 30.6 Å². The predicted molar refractivity (Wildman–Crippen MR) is 110 cm³/mol. The van der Waals surface area contributed by atoms with Gasteiger partial charge in [0, 0.05) is 18.2 Å². The van der Waals surface area contributed by atoms with E-state index >= 15 is 0 Å². The van der Waals surface area contributed by atoms with Crippen molar-refractivity contribution >= 4 is 21.4 Å². The van der Waals surface area contributed by atoms with Crippen LogP contribution < -0.4 is 11.2 Å². The van der Waals surface area contributed by atoms with Crippen molar-refractivity contribution in [1.82, 2.24) is 9.55 Å². The molecule has 0 saturated carbocycles. The number of nitrogens with one attached hydrogen (secondary N) is 1. The molecule has 198 valence electrons. The van der Waals surface area contributed by atoms with Gasteiger partial charge in [0.25, 0.3) is 5.56 Å². The number of H-pyrrole nitrogens is 1. The third-order valence-corrected chi connectivity index (χ3v) is 7.74. The van der Waals surface area contributed by atoms with E-state index in [0.717, 1.165) is 4.57 Å². The molecule has 2 aliphatic rings. The van der Waals surface area contributed by atoms with E-state index in [-0.39, 0.29) is 12.0 Å². The first-order valence-electron chi connectivity index (χ1n) is 10.0. The summed E-state index contributed by atoms with van der Waals surface area (Å²) < 4.78 is 48.7. The van der Waals surface area contributed by atoms with Crippen LogP contribution in [0.5, 0.6) is 0 Å². The van der Waals surface area contributed by atoms with Gasteiger partial charge in [0.15, 0.2) is 12.1 Å². The molecule has 3 unspecified atom stereocenters. The zero-order valence-electron chi connectivity index (χ0n) is 18.2. The van der Waals surface area contributed by atoms with E-state index in [1.807, 2.05) is 0 Å². The fourth-order valence-corrected chi connectivity index (χ4v) is 5.46. The number of ether oxygens (including phenoxy) is 2. The normalized spacial score (nSPS) is 34.9. The van der Waals surface area contributed by atoms with Crippen molar-refractivity contribution in [3.63, 3.8) is 0 Å². The van der Waals surface area contributed by atoms with Crippen molar-refractivity contribution in [2.75, 3.05) is 6.61 Å². The van der Waals surface area contributed by atoms with Crippen LogP contribution in [0.4, 0.5) is 0 Å². The van der Waals surface area contributed by atoms with Gasteiger partial charge in [-0.3, -0.25) is 28.2 Å². The predicted octanol–water partition coefficient (Wildman–Crippen LogP) is -2.22. The van der Waals surface area contributed by atoms with E-state index in [4.69, 9.17) is 9.47 Å². The summed E-state index contributed by atoms with van der Waals surface area (Å²) in [6.45, 7) is 1.76. The van der Waals surface area contributed by atoms with Gasteiger partial charge in [-0.15, -0.1) is 0 Å². The molecule has 19 heteroatoms. The highest BCUT2D eigenvalue weighted by Crippen LogP contribution is 2.61. The fourth-order valence-electron chi connectivity index (χ4n) is 3.30. The van der Waals surface area contributed by atoms with Gasteiger partial charge in [-0.2, -0.15) is 4.31 Å². The van der Waals surface area contributed by atoms with Crippen molar-refractivity contribution in [3.8, 4) is 0 Å². The Hall–Kier alpha value is -1.59. The van der Waals surface area contributed by atoms with E-state index in [2.05, 4.69) is 18.3 Å². The topological polar surface area (TPSA) is 253 Å². The second-order valence-corrected chi connectivity index (χ2v) is 10.8. The number of hydrogen-bond acceptors (Lipinski definition) is 13. The number of phosphoric ester groups is 2. The van der Waals surface area contributed by atoms with E-state index in [1.165, 1.54) is 20.0 Å². The minimum absolute atomic E-state index is 0.159. The number of aromatic nitrogens is 2. The average molecular weight is 546 g/mol. The molecule has 6 N–H and O–H groups in total. The highest BCUT2D eigenvalue weighted by molar-refractivity contribution is 7.61. The lowest BCUT2D eigenvalue weighted by atomic mass is 10.0. The smallest absolute Gasteiger partial charge is 0.390 e. The van der Waals surface area contributed by atoms with E-state index in [1.54, 1.807) is 0 Å². The zero-order chi connectivity index (χ0) is 26.3. The lowest BCUT2D eigenvalue weighted by Crippen LogP contribution is -2.54. The van der Waals surface area contributed by atoms with Gasteiger partial charge in [-0.25, -0.2) is 13.9 Å². The lowest BCUT2D eigenvalue weighted by molar-refractivity contribution is -0.226. The van der Waals surface area contributed by atoms with Crippen LogP contribution in [0, 0.1) is 6.92 Å². The van der Waals surface area contributed by atoms with E-state index < -0.39 is 82.3 Å². The monoisotopic (exact) mass is 546 g/mol. The fraction of sp³-hybridized carbons (Fsp3) is 0.688. The second kappa shape index (κ2) is 10.4. The van der Waals surface area contributed by atoms with Crippen LogP contribution >= 0.6 is 15.6 Å². The molecule has 0 spiro atoms. The quantitative estimate of drug-likeness (QED) is 0.189. The molecule has 0 radical (unpaired) electrons. The molecule has 1 aromatic rings. The maximum Gasteiger partial charge on any atom is 0.483 e. The molecule has 3 heterocycles. The van der Waals surface area contributed by atoms with Gasteiger partial charge in [-0.05, 0) is 13.8 Å². The SMILES string of the molecule is Cc1cn([C@H]2C[C@H](O)[C@@H](COP(=O)(O)OP(=O)(O)OC3O[C@@H](C)C(=O)[C@@H](O)[C@H]3O)O2)c(=O)[nH]c1=O. The number of aliphatic hydroxyl groups is 3. The Morgan fingerprint density at radius 1 is 1.14 bits per heavy atom. The van der Waals surface area contributed by atoms with Crippen LogP contribution in [0.2, 0.25) is 0 Å². The Morgan fingerprint density at radius 3 is 2.46 bits per heavy atom. The van der Waals surface area contributed by atoms with Crippen molar-refractivity contribution in [1.29, 1.82) is 0 Å². The summed E-state index contributed by atoms with van der Waals surface area (Å²) in [5.41, 5.74) is -1.24. The number of ketones is 1. The molecule has 0 bridgehead atoms. The maximum atomic E-state index is 12.1. The van der Waals surface area contributed by atoms with Gasteiger partial charge in [0.2, 0.25) is 0 Å². The van der Waals surface area contributed by atoms with Crippen molar-refractivity contribution in [2.45, 2.75) is 63.3 Å². The van der Waals surface area contributed by atoms with Gasteiger partial charge < -0.3 is 34.6 Å². The molecule has 0 amide bonds. The number of Topliss-reactive ketones (excluding diaryl/α,β-unsaturated/α-hetero) is 1. The molecule has 1 aromatic heterocycles. The molecule has 0 aliphatic carbocycles. The standard InChI is InChI=1S/C16H24N2O15P2/c1-6-4-18(16(24)17-14(6)23)10-3-8(19)9(31-10)5-29-34(25,26)33-35(27,28)32-15-13(22)12(21)11(20)7(2)30-15/h4,7-10,12-13,15,19,21-22H,3,5H2,1-2H3,(H,25,26)(H,27,28)(H,17,23,24)/t7-,8-,9+,10+,12+,13+,15?/m0/s1. The summed E-state index contributed by atoms with van der Waals surface area (Å²) in [6, 6.07) is 0. The van der Waals surface area contributed by atoms with E-state index in [0.29, 0.717) is 0 Å². The third-order valence-electron chi connectivity index (χ3n) is 5.14. The number of aryl methyl sites for hydroxylation is 1. The minimum atomic E-state index is -5.47. The number of hydrogen-bond donors (Lipinski definition) is 6. The van der Waals surface area contributed by atoms with Crippen LogP contribution in [-0.2, 0) is 36.8 Å². The summed E-state index contributed by atoms with van der Waals surface area (Å²) in [5, 5.41) is 29.5. The molecular weight excluding hydrogens is 522 g/mol. The summed E-state index contributed by atoms with van der Waals surface area (Å²) >= 11 is 0. The Morgan fingerprint density at radius 2 is 1.80 bits per heavy atom. The number of carbonyl (C=O) groups excluding carboxylic acids is 1. The van der Waals surface area contributed by atoms with Crippen molar-refractivity contribution in [3.05, 3.63) is 32.6 Å². The van der Waals surface area contributed by atoms with Crippen molar-refractivity contribution in [2.24, 2.45) is 0 Å². The number of aliphatic hydroxyl groups excluding tert-OH is 3. The lowest BCUT2D eigenvalue weighted by Gasteiger charge is -2.34. The highest BCUT2D eigenvalue weighted by atomic mass is 31.3. The first-order chi connectivity index (χ1) is 16.1. The highest BCUT2D eigenvalue weighted by Gasteiger charge is 2.47. The Labute approximate surface area is 196 Å². The molecule has 2 aliphatic heterocycles. The van der Waals surface area contributed by atoms with Crippen LogP contribution in [0.15, 0.2) is 15.8 Å². The van der Waals surface area contributed by atoms with Crippen LogP contribution in [0.1, 0.15) is 25.1 Å². The maximum absolute atomic E-state index is 12.1. The van der Waals surface area contributed by atoms with Gasteiger partial charge >= 0.3 is 21.3 Å². The average Bonchev–Trinajstić information content (AvgIpc) is 3.11. The number of aromatic amines is 1. The number of rotatable bonds is 8. The Kier molecular flexibility index (Phi) is 8.33.